The fourth-order valence-corrected chi connectivity index (χ4v) is 3.43. The van der Waals surface area contributed by atoms with Crippen LogP contribution < -0.4 is 14.8 Å². The van der Waals surface area contributed by atoms with Gasteiger partial charge in [-0.05, 0) is 29.3 Å². The number of hydrogen-bond acceptors (Lipinski definition) is 6. The first-order valence-corrected chi connectivity index (χ1v) is 9.16. The Hall–Kier alpha value is -2.64. The fraction of sp³-hybridized carbons (Fsp3) is 0.400. The van der Waals surface area contributed by atoms with Crippen molar-refractivity contribution >= 4 is 5.91 Å². The molecule has 1 atom stereocenters. The number of benzene rings is 1. The minimum atomic E-state index is -0.0176. The molecule has 7 heteroatoms. The molecule has 1 aromatic heterocycles. The van der Waals surface area contributed by atoms with Gasteiger partial charge in [0.25, 0.3) is 0 Å². The van der Waals surface area contributed by atoms with Gasteiger partial charge in [-0.15, -0.1) is 0 Å². The molecule has 2 aliphatic heterocycles. The van der Waals surface area contributed by atoms with Crippen LogP contribution in [-0.2, 0) is 16.0 Å². The summed E-state index contributed by atoms with van der Waals surface area (Å²) in [6, 6.07) is 9.67. The van der Waals surface area contributed by atoms with Crippen LogP contribution >= 0.6 is 0 Å². The summed E-state index contributed by atoms with van der Waals surface area (Å²) in [5, 5.41) is 3.07. The van der Waals surface area contributed by atoms with E-state index in [1.807, 2.05) is 30.5 Å². The molecule has 1 amide bonds. The van der Waals surface area contributed by atoms with Crippen LogP contribution in [0.3, 0.4) is 0 Å². The van der Waals surface area contributed by atoms with Gasteiger partial charge in [-0.25, -0.2) is 0 Å². The topological polar surface area (TPSA) is 72.9 Å². The third kappa shape index (κ3) is 4.37. The second-order valence-corrected chi connectivity index (χ2v) is 6.62. The van der Waals surface area contributed by atoms with Crippen LogP contribution in [0, 0.1) is 0 Å². The van der Waals surface area contributed by atoms with Crippen molar-refractivity contribution in [2.45, 2.75) is 12.5 Å². The van der Waals surface area contributed by atoms with E-state index in [1.54, 1.807) is 6.20 Å². The molecule has 142 valence electrons. The molecule has 0 aliphatic carbocycles. The van der Waals surface area contributed by atoms with Gasteiger partial charge in [0.1, 0.15) is 0 Å². The van der Waals surface area contributed by atoms with Crippen molar-refractivity contribution in [3.63, 3.8) is 0 Å². The number of carbonyl (C=O) groups excluding carboxylic acids is 1. The van der Waals surface area contributed by atoms with Crippen LogP contribution in [0.2, 0.25) is 0 Å². The number of amides is 1. The van der Waals surface area contributed by atoms with E-state index >= 15 is 0 Å². The van der Waals surface area contributed by atoms with Crippen molar-refractivity contribution in [1.29, 1.82) is 0 Å². The van der Waals surface area contributed by atoms with Crippen LogP contribution in [0.25, 0.3) is 0 Å². The number of hydrogen-bond donors (Lipinski definition) is 1. The zero-order chi connectivity index (χ0) is 18.5. The minimum absolute atomic E-state index is 0.0176. The predicted molar refractivity (Wildman–Crippen MR) is 98.6 cm³/mol. The Kier molecular flexibility index (Phi) is 5.50. The van der Waals surface area contributed by atoms with Crippen molar-refractivity contribution in [3.05, 3.63) is 53.9 Å². The summed E-state index contributed by atoms with van der Waals surface area (Å²) >= 11 is 0. The van der Waals surface area contributed by atoms with E-state index in [2.05, 4.69) is 21.3 Å². The summed E-state index contributed by atoms with van der Waals surface area (Å²) in [7, 11) is 0. The van der Waals surface area contributed by atoms with Gasteiger partial charge in [-0.1, -0.05) is 12.1 Å². The molecular weight excluding hydrogens is 346 g/mol. The lowest BCUT2D eigenvalue weighted by Gasteiger charge is -2.34. The van der Waals surface area contributed by atoms with E-state index in [-0.39, 0.29) is 18.7 Å². The Labute approximate surface area is 158 Å². The average molecular weight is 369 g/mol. The monoisotopic (exact) mass is 369 g/mol. The second-order valence-electron chi connectivity index (χ2n) is 6.62. The smallest absolute Gasteiger partial charge is 0.231 e. The second kappa shape index (κ2) is 8.37. The maximum atomic E-state index is 12.5. The van der Waals surface area contributed by atoms with Crippen molar-refractivity contribution in [3.8, 4) is 11.5 Å². The lowest BCUT2D eigenvalue weighted by molar-refractivity contribution is -0.120. The Balaban J connectivity index is 1.38. The van der Waals surface area contributed by atoms with E-state index in [0.717, 1.165) is 30.0 Å². The van der Waals surface area contributed by atoms with Crippen LogP contribution in [-0.4, -0.2) is 55.4 Å². The SMILES string of the molecule is O=C(Cc1ccc2c(c1)OCO2)NCC(c1cccnc1)N1CCOCC1. The summed E-state index contributed by atoms with van der Waals surface area (Å²) in [5.41, 5.74) is 2.00. The minimum Gasteiger partial charge on any atom is -0.454 e. The number of fused-ring (bicyclic) bond motifs is 1. The molecule has 0 spiro atoms. The summed E-state index contributed by atoms with van der Waals surface area (Å²) in [6.07, 6.45) is 3.93. The van der Waals surface area contributed by atoms with Gasteiger partial charge < -0.3 is 19.5 Å². The highest BCUT2D eigenvalue weighted by Gasteiger charge is 2.23. The molecule has 0 radical (unpaired) electrons. The molecule has 1 saturated heterocycles. The van der Waals surface area contributed by atoms with Crippen molar-refractivity contribution in [2.75, 3.05) is 39.6 Å². The highest BCUT2D eigenvalue weighted by atomic mass is 16.7. The van der Waals surface area contributed by atoms with Crippen LogP contribution in [0.5, 0.6) is 11.5 Å². The molecule has 2 aromatic rings. The van der Waals surface area contributed by atoms with E-state index in [4.69, 9.17) is 14.2 Å². The standard InChI is InChI=1S/C20H23N3O4/c24-20(11-15-3-4-18-19(10-15)27-14-26-18)22-13-17(16-2-1-5-21-12-16)23-6-8-25-9-7-23/h1-5,10,12,17H,6-9,11,13-14H2,(H,22,24). The Bertz CT molecular complexity index is 778. The highest BCUT2D eigenvalue weighted by molar-refractivity contribution is 5.78. The third-order valence-electron chi connectivity index (χ3n) is 4.85. The quantitative estimate of drug-likeness (QED) is 0.833. The number of pyridine rings is 1. The predicted octanol–water partition coefficient (Wildman–Crippen LogP) is 1.54. The van der Waals surface area contributed by atoms with Crippen LogP contribution in [0.4, 0.5) is 0 Å². The number of rotatable bonds is 6. The number of aromatic nitrogens is 1. The fourth-order valence-electron chi connectivity index (χ4n) is 3.43. The summed E-state index contributed by atoms with van der Waals surface area (Å²) in [4.78, 5) is 19.1. The molecule has 1 fully saturated rings. The van der Waals surface area contributed by atoms with Crippen molar-refractivity contribution < 1.29 is 19.0 Å². The van der Waals surface area contributed by atoms with Gasteiger partial charge in [0.15, 0.2) is 11.5 Å². The molecule has 4 rings (SSSR count). The Morgan fingerprint density at radius 2 is 2.04 bits per heavy atom. The number of ether oxygens (including phenoxy) is 3. The lowest BCUT2D eigenvalue weighted by Crippen LogP contribution is -2.44. The van der Waals surface area contributed by atoms with E-state index in [9.17, 15) is 4.79 Å². The molecule has 2 aliphatic rings. The van der Waals surface area contributed by atoms with Gasteiger partial charge in [0, 0.05) is 32.0 Å². The van der Waals surface area contributed by atoms with Gasteiger partial charge in [0.05, 0.1) is 25.7 Å². The van der Waals surface area contributed by atoms with Crippen LogP contribution in [0.1, 0.15) is 17.2 Å². The van der Waals surface area contributed by atoms with Crippen molar-refractivity contribution in [1.82, 2.24) is 15.2 Å². The maximum Gasteiger partial charge on any atom is 0.231 e. The number of carbonyl (C=O) groups is 1. The van der Waals surface area contributed by atoms with Gasteiger partial charge >= 0.3 is 0 Å². The van der Waals surface area contributed by atoms with E-state index in [1.165, 1.54) is 0 Å². The van der Waals surface area contributed by atoms with Crippen LogP contribution in [0.15, 0.2) is 42.7 Å². The highest BCUT2D eigenvalue weighted by Crippen LogP contribution is 2.32. The first-order valence-electron chi connectivity index (χ1n) is 9.16. The van der Waals surface area contributed by atoms with Gasteiger partial charge in [-0.3, -0.25) is 14.7 Å². The first kappa shape index (κ1) is 17.8. The largest absolute Gasteiger partial charge is 0.454 e. The molecule has 1 unspecified atom stereocenters. The number of nitrogens with one attached hydrogen (secondary N) is 1. The molecule has 27 heavy (non-hydrogen) atoms. The summed E-state index contributed by atoms with van der Waals surface area (Å²) in [6.45, 7) is 3.88. The van der Waals surface area contributed by atoms with Gasteiger partial charge in [-0.2, -0.15) is 0 Å². The zero-order valence-corrected chi connectivity index (χ0v) is 15.1. The zero-order valence-electron chi connectivity index (χ0n) is 15.1. The maximum absolute atomic E-state index is 12.5. The molecule has 0 saturated carbocycles. The van der Waals surface area contributed by atoms with E-state index < -0.39 is 0 Å². The number of morpholine rings is 1. The molecule has 0 bridgehead atoms. The lowest BCUT2D eigenvalue weighted by atomic mass is 10.1. The van der Waals surface area contributed by atoms with E-state index in [0.29, 0.717) is 31.9 Å². The molecular formula is C20H23N3O4. The molecule has 1 N–H and O–H groups in total. The Morgan fingerprint density at radius 3 is 2.85 bits per heavy atom. The first-order chi connectivity index (χ1) is 13.3. The molecule has 3 heterocycles. The number of nitrogens with zero attached hydrogens (tertiary/aromatic N) is 2. The Morgan fingerprint density at radius 1 is 1.19 bits per heavy atom. The van der Waals surface area contributed by atoms with Crippen molar-refractivity contribution in [2.24, 2.45) is 0 Å². The summed E-state index contributed by atoms with van der Waals surface area (Å²) in [5.74, 6) is 1.40. The molecule has 1 aromatic carbocycles. The normalized spacial score (nSPS) is 17.5. The van der Waals surface area contributed by atoms with Gasteiger partial charge in [0.2, 0.25) is 12.7 Å². The third-order valence-corrected chi connectivity index (χ3v) is 4.85. The average Bonchev–Trinajstić information content (AvgIpc) is 3.18. The molecule has 7 nitrogen and oxygen atoms in total. The summed E-state index contributed by atoms with van der Waals surface area (Å²) < 4.78 is 16.1.